The van der Waals surface area contributed by atoms with Crippen molar-refractivity contribution in [2.75, 3.05) is 18.4 Å². The number of nitrogens with one attached hydrogen (secondary N) is 4. The molecule has 1 unspecified atom stereocenters. The third-order valence-corrected chi connectivity index (χ3v) is 12.4. The fourth-order valence-corrected chi connectivity index (χ4v) is 9.02. The Bertz CT molecular complexity index is 1960. The first-order valence-corrected chi connectivity index (χ1v) is 20.4. The summed E-state index contributed by atoms with van der Waals surface area (Å²) in [6, 6.07) is 0.891. The average molecular weight is 793 g/mol. The number of thiophene rings is 1. The number of carbonyl (C=O) groups excluding carboxylic acids is 4. The maximum Gasteiger partial charge on any atom is 0.407 e. The zero-order chi connectivity index (χ0) is 39.3. The van der Waals surface area contributed by atoms with Gasteiger partial charge in [0.2, 0.25) is 17.8 Å². The molecule has 0 aromatic carbocycles. The van der Waals surface area contributed by atoms with Crippen molar-refractivity contribution in [3.8, 4) is 11.3 Å². The molecular weight excluding hydrogens is 744 g/mol. The minimum absolute atomic E-state index is 0.0536. The summed E-state index contributed by atoms with van der Waals surface area (Å²) >= 11 is 1.30. The van der Waals surface area contributed by atoms with Gasteiger partial charge in [-0.15, -0.1) is 11.3 Å². The number of rotatable bonds is 16. The van der Waals surface area contributed by atoms with E-state index in [1.165, 1.54) is 35.3 Å². The molecule has 3 aromatic rings. The molecule has 2 aliphatic heterocycles. The standard InChI is InChI=1S/C38H49FN10O6S/c1-47-30(16-22-6-7-22)27(19-43-47)32-28(39)20-41-36(46-32)44-24-8-10-25(11-9-24)48(38(54)55)15-5-3-2-4-14-40-37(53)42-18-26-17-23-21-49(35(52)33(23)56-26)29-12-13-31(50)45-34(29)51/h17,19-20,22,24-25,29H,2-16,18,21H2,1H3,(H,54,55)(H2,40,42,53)(H,41,44,46)(H,45,50,51). The highest BCUT2D eigenvalue weighted by molar-refractivity contribution is 7.14. The summed E-state index contributed by atoms with van der Waals surface area (Å²) in [5.74, 6) is -0.505. The number of nitrogens with zero attached hydrogens (tertiary/aromatic N) is 6. The Kier molecular flexibility index (Phi) is 12.1. The largest absolute Gasteiger partial charge is 0.465 e. The summed E-state index contributed by atoms with van der Waals surface area (Å²) in [7, 11) is 1.87. The summed E-state index contributed by atoms with van der Waals surface area (Å²) in [6.07, 6.45) is 11.7. The van der Waals surface area contributed by atoms with Crippen molar-refractivity contribution in [2.24, 2.45) is 13.0 Å². The van der Waals surface area contributed by atoms with Crippen molar-refractivity contribution in [1.29, 1.82) is 0 Å². The van der Waals surface area contributed by atoms with Crippen molar-refractivity contribution in [1.82, 2.24) is 45.5 Å². The first-order chi connectivity index (χ1) is 27.0. The molecule has 7 rings (SSSR count). The van der Waals surface area contributed by atoms with Crippen LogP contribution in [0.25, 0.3) is 11.3 Å². The number of carboxylic acid groups (broad SMARTS) is 1. The first-order valence-electron chi connectivity index (χ1n) is 19.6. The summed E-state index contributed by atoms with van der Waals surface area (Å²) in [6.45, 7) is 1.50. The second-order valence-corrected chi connectivity index (χ2v) is 16.4. The predicted octanol–water partition coefficient (Wildman–Crippen LogP) is 4.55. The van der Waals surface area contributed by atoms with E-state index < -0.39 is 23.9 Å². The van der Waals surface area contributed by atoms with Gasteiger partial charge in [0.05, 0.1) is 23.8 Å². The van der Waals surface area contributed by atoms with Crippen LogP contribution in [0.1, 0.15) is 103 Å². The molecule has 0 bridgehead atoms. The van der Waals surface area contributed by atoms with Crippen molar-refractivity contribution >= 4 is 47.1 Å². The topological polar surface area (TPSA) is 204 Å². The zero-order valence-corrected chi connectivity index (χ0v) is 32.3. The number of aromatic nitrogens is 4. The van der Waals surface area contributed by atoms with Gasteiger partial charge in [0.25, 0.3) is 5.91 Å². The van der Waals surface area contributed by atoms with Gasteiger partial charge in [0.1, 0.15) is 11.7 Å². The minimum atomic E-state index is -0.920. The summed E-state index contributed by atoms with van der Waals surface area (Å²) in [5.41, 5.74) is 2.74. The molecule has 1 saturated heterocycles. The van der Waals surface area contributed by atoms with Crippen LogP contribution < -0.4 is 21.3 Å². The molecule has 16 nitrogen and oxygen atoms in total. The number of amides is 6. The van der Waals surface area contributed by atoms with E-state index in [0.29, 0.717) is 61.2 Å². The summed E-state index contributed by atoms with van der Waals surface area (Å²) in [5, 5.41) is 25.7. The third-order valence-electron chi connectivity index (χ3n) is 11.2. The van der Waals surface area contributed by atoms with Crippen LogP contribution in [0, 0.1) is 11.7 Å². The van der Waals surface area contributed by atoms with E-state index in [2.05, 4.69) is 36.3 Å². The first kappa shape index (κ1) is 39.1. The number of carbonyl (C=O) groups is 5. The molecule has 56 heavy (non-hydrogen) atoms. The number of unbranched alkanes of at least 4 members (excludes halogenated alkanes) is 3. The van der Waals surface area contributed by atoms with Crippen LogP contribution in [-0.4, -0.2) is 95.7 Å². The number of hydrogen-bond acceptors (Lipinski definition) is 10. The molecule has 5 N–H and O–H groups in total. The van der Waals surface area contributed by atoms with Crippen molar-refractivity contribution in [2.45, 2.75) is 115 Å². The fourth-order valence-electron chi connectivity index (χ4n) is 7.95. The van der Waals surface area contributed by atoms with Crippen LogP contribution in [0.5, 0.6) is 0 Å². The second kappa shape index (κ2) is 17.3. The van der Waals surface area contributed by atoms with E-state index in [1.807, 2.05) is 13.1 Å². The molecule has 0 spiro atoms. The smallest absolute Gasteiger partial charge is 0.407 e. The van der Waals surface area contributed by atoms with E-state index in [4.69, 9.17) is 0 Å². The van der Waals surface area contributed by atoms with E-state index >= 15 is 0 Å². The van der Waals surface area contributed by atoms with E-state index in [0.717, 1.165) is 61.1 Å². The van der Waals surface area contributed by atoms with Gasteiger partial charge in [-0.25, -0.2) is 23.9 Å². The predicted molar refractivity (Wildman–Crippen MR) is 204 cm³/mol. The normalized spacial score (nSPS) is 20.8. The number of anilines is 1. The monoisotopic (exact) mass is 792 g/mol. The lowest BCUT2D eigenvalue weighted by Gasteiger charge is -2.35. The lowest BCUT2D eigenvalue weighted by atomic mass is 9.90. The van der Waals surface area contributed by atoms with Gasteiger partial charge in [0.15, 0.2) is 5.82 Å². The molecule has 2 saturated carbocycles. The number of urea groups is 1. The Morgan fingerprint density at radius 1 is 1.04 bits per heavy atom. The summed E-state index contributed by atoms with van der Waals surface area (Å²) in [4.78, 5) is 74.4. The van der Waals surface area contributed by atoms with Crippen molar-refractivity contribution < 1.29 is 33.5 Å². The second-order valence-electron chi connectivity index (χ2n) is 15.3. The summed E-state index contributed by atoms with van der Waals surface area (Å²) < 4.78 is 16.7. The van der Waals surface area contributed by atoms with Crippen molar-refractivity contribution in [3.63, 3.8) is 0 Å². The Morgan fingerprint density at radius 3 is 2.55 bits per heavy atom. The van der Waals surface area contributed by atoms with Gasteiger partial charge in [-0.1, -0.05) is 12.8 Å². The van der Waals surface area contributed by atoms with Gasteiger partial charge >= 0.3 is 12.1 Å². The van der Waals surface area contributed by atoms with Crippen LogP contribution in [-0.2, 0) is 36.1 Å². The number of fused-ring (bicyclic) bond motifs is 1. The highest BCUT2D eigenvalue weighted by atomic mass is 32.1. The van der Waals surface area contributed by atoms with Crippen LogP contribution in [0.4, 0.5) is 19.9 Å². The number of hydrogen-bond donors (Lipinski definition) is 5. The molecule has 0 radical (unpaired) electrons. The number of halogens is 1. The van der Waals surface area contributed by atoms with E-state index in [1.54, 1.807) is 15.8 Å². The molecule has 18 heteroatoms. The van der Waals surface area contributed by atoms with E-state index in [-0.39, 0.29) is 48.6 Å². The maximum absolute atomic E-state index is 14.9. The minimum Gasteiger partial charge on any atom is -0.465 e. The molecule has 300 valence electrons. The van der Waals surface area contributed by atoms with Crippen LogP contribution in [0.2, 0.25) is 0 Å². The maximum atomic E-state index is 14.9. The SMILES string of the molecule is Cn1ncc(-c2nc(NC3CCC(N(CCCCCCNC(=O)NCc4cc5c(s4)C(=O)N(C4CCC(=O)NC4=O)C5)C(=O)O)CC3)ncc2F)c1CC1CC1. The highest BCUT2D eigenvalue weighted by Gasteiger charge is 2.40. The lowest BCUT2D eigenvalue weighted by Crippen LogP contribution is -2.52. The Morgan fingerprint density at radius 2 is 1.82 bits per heavy atom. The lowest BCUT2D eigenvalue weighted by molar-refractivity contribution is -0.136. The van der Waals surface area contributed by atoms with Crippen LogP contribution in [0.15, 0.2) is 18.5 Å². The van der Waals surface area contributed by atoms with Gasteiger partial charge in [0, 0.05) is 61.3 Å². The Balaban J connectivity index is 0.771. The zero-order valence-electron chi connectivity index (χ0n) is 31.5. The quantitative estimate of drug-likeness (QED) is 0.101. The third kappa shape index (κ3) is 9.28. The molecular formula is C38H49FN10O6S. The van der Waals surface area contributed by atoms with Crippen LogP contribution >= 0.6 is 11.3 Å². The van der Waals surface area contributed by atoms with Gasteiger partial charge in [-0.3, -0.25) is 24.4 Å². The fraction of sp³-hybridized carbons (Fsp3) is 0.579. The Labute approximate surface area is 328 Å². The highest BCUT2D eigenvalue weighted by Crippen LogP contribution is 2.36. The Hall–Kier alpha value is -5.13. The van der Waals surface area contributed by atoms with Crippen LogP contribution in [0.3, 0.4) is 0 Å². The molecule has 5 heterocycles. The van der Waals surface area contributed by atoms with Gasteiger partial charge in [-0.2, -0.15) is 5.10 Å². The molecule has 3 fully saturated rings. The number of piperidine rings is 1. The average Bonchev–Trinajstić information content (AvgIpc) is 3.69. The molecule has 1 atom stereocenters. The molecule has 4 aliphatic rings. The number of aryl methyl sites for hydroxylation is 1. The molecule has 6 amide bonds. The number of imide groups is 1. The van der Waals surface area contributed by atoms with Gasteiger partial charge < -0.3 is 30.9 Å². The van der Waals surface area contributed by atoms with Gasteiger partial charge in [-0.05, 0) is 81.8 Å². The van der Waals surface area contributed by atoms with E-state index in [9.17, 15) is 33.5 Å². The molecule has 2 aliphatic carbocycles. The van der Waals surface area contributed by atoms with Crippen molar-refractivity contribution in [3.05, 3.63) is 45.3 Å². The molecule has 3 aromatic heterocycles.